The van der Waals surface area contributed by atoms with Gasteiger partial charge in [0.05, 0.1) is 6.04 Å². The Hall–Kier alpha value is -0.210. The average molecular weight is 523 g/mol. The predicted octanol–water partition coefficient (Wildman–Crippen LogP) is 4.80. The van der Waals surface area contributed by atoms with Gasteiger partial charge in [-0.25, -0.2) is 0 Å². The van der Waals surface area contributed by atoms with Gasteiger partial charge in [0.1, 0.15) is 11.7 Å². The van der Waals surface area contributed by atoms with Crippen molar-refractivity contribution in [2.45, 2.75) is 102 Å². The molecule has 0 aromatic heterocycles. The van der Waals surface area contributed by atoms with Crippen LogP contribution in [0.4, 0.5) is 0 Å². The van der Waals surface area contributed by atoms with Crippen molar-refractivity contribution in [2.24, 2.45) is 0 Å². The second-order valence-electron chi connectivity index (χ2n) is 7.88. The van der Waals surface area contributed by atoms with Gasteiger partial charge >= 0.3 is 0 Å². The molecule has 1 amide bonds. The highest BCUT2D eigenvalue weighted by atomic mass is 79.9. The van der Waals surface area contributed by atoms with Crippen LogP contribution in [0.15, 0.2) is 21.1 Å². The molecule has 2 unspecified atom stereocenters. The van der Waals surface area contributed by atoms with E-state index in [1.807, 2.05) is 0 Å². The Morgan fingerprint density at radius 1 is 1.07 bits per heavy atom. The number of carbonyl (C=O) groups excluding carboxylic acids is 1. The SMILES string of the molecule is CCCCCCCCCCCC(=O)NC1CC2(C=C(Br)C(O)C(Br)=C2)OC1O. The van der Waals surface area contributed by atoms with Crippen molar-refractivity contribution >= 4 is 37.8 Å². The van der Waals surface area contributed by atoms with E-state index in [0.717, 1.165) is 12.8 Å². The fourth-order valence-corrected chi connectivity index (χ4v) is 5.36. The van der Waals surface area contributed by atoms with E-state index < -0.39 is 24.0 Å². The molecule has 1 spiro atoms. The van der Waals surface area contributed by atoms with Crippen molar-refractivity contribution in [1.82, 2.24) is 5.32 Å². The number of rotatable bonds is 11. The fraction of sp³-hybridized carbons (Fsp3) is 0.762. The minimum absolute atomic E-state index is 0.0467. The van der Waals surface area contributed by atoms with Crippen LogP contribution >= 0.6 is 31.9 Å². The lowest BCUT2D eigenvalue weighted by atomic mass is 9.92. The normalized spacial score (nSPS) is 29.7. The summed E-state index contributed by atoms with van der Waals surface area (Å²) >= 11 is 6.67. The van der Waals surface area contributed by atoms with Crippen LogP contribution in [0.3, 0.4) is 0 Å². The molecule has 2 atom stereocenters. The van der Waals surface area contributed by atoms with Gasteiger partial charge in [0.25, 0.3) is 0 Å². The molecule has 3 N–H and O–H groups in total. The van der Waals surface area contributed by atoms with E-state index in [1.165, 1.54) is 44.9 Å². The summed E-state index contributed by atoms with van der Waals surface area (Å²) in [5.74, 6) is -0.0467. The molecule has 28 heavy (non-hydrogen) atoms. The number of nitrogens with one attached hydrogen (secondary N) is 1. The highest BCUT2D eigenvalue weighted by Crippen LogP contribution is 2.41. The maximum Gasteiger partial charge on any atom is 0.220 e. The number of aliphatic hydroxyl groups is 2. The third kappa shape index (κ3) is 7.24. The smallest absolute Gasteiger partial charge is 0.220 e. The summed E-state index contributed by atoms with van der Waals surface area (Å²) in [5, 5.41) is 23.1. The van der Waals surface area contributed by atoms with Gasteiger partial charge in [0, 0.05) is 21.8 Å². The van der Waals surface area contributed by atoms with Gasteiger partial charge in [-0.2, -0.15) is 0 Å². The molecular formula is C21H33Br2NO4. The summed E-state index contributed by atoms with van der Waals surface area (Å²) < 4.78 is 6.87. The molecule has 1 aliphatic carbocycles. The van der Waals surface area contributed by atoms with E-state index in [0.29, 0.717) is 21.8 Å². The lowest BCUT2D eigenvalue weighted by Crippen LogP contribution is -2.40. The molecule has 1 heterocycles. The van der Waals surface area contributed by atoms with E-state index in [4.69, 9.17) is 4.74 Å². The van der Waals surface area contributed by atoms with Crippen molar-refractivity contribution in [3.63, 3.8) is 0 Å². The standard InChI is InChI=1S/C21H33Br2NO4/c1-2-3-4-5-6-7-8-9-10-11-18(25)24-17-14-21(28-20(17)27)12-15(22)19(26)16(23)13-21/h12-13,17,19-20,26-27H,2-11,14H2,1H3,(H,24,25). The monoisotopic (exact) mass is 521 g/mol. The molecule has 1 fully saturated rings. The number of carbonyl (C=O) groups is 1. The van der Waals surface area contributed by atoms with Gasteiger partial charge in [-0.15, -0.1) is 0 Å². The maximum absolute atomic E-state index is 12.2. The molecule has 5 nitrogen and oxygen atoms in total. The van der Waals surface area contributed by atoms with Gasteiger partial charge in [0.2, 0.25) is 5.91 Å². The molecule has 2 rings (SSSR count). The Labute approximate surface area is 185 Å². The number of hydrogen-bond acceptors (Lipinski definition) is 4. The topological polar surface area (TPSA) is 78.8 Å². The Balaban J connectivity index is 1.66. The minimum atomic E-state index is -1.07. The van der Waals surface area contributed by atoms with E-state index in [9.17, 15) is 15.0 Å². The molecule has 7 heteroatoms. The highest BCUT2D eigenvalue weighted by Gasteiger charge is 2.46. The molecule has 2 aliphatic rings. The van der Waals surface area contributed by atoms with Gasteiger partial charge in [-0.3, -0.25) is 4.79 Å². The van der Waals surface area contributed by atoms with Crippen LogP contribution in [0.5, 0.6) is 0 Å². The minimum Gasteiger partial charge on any atom is -0.383 e. The number of ether oxygens (including phenoxy) is 1. The molecule has 1 saturated heterocycles. The van der Waals surface area contributed by atoms with Gasteiger partial charge in [-0.1, -0.05) is 90.2 Å². The third-order valence-corrected chi connectivity index (χ3v) is 6.69. The second-order valence-corrected chi connectivity index (χ2v) is 9.71. The van der Waals surface area contributed by atoms with Crippen LogP contribution in [0.25, 0.3) is 0 Å². The van der Waals surface area contributed by atoms with E-state index in [2.05, 4.69) is 44.1 Å². The summed E-state index contributed by atoms with van der Waals surface area (Å²) in [6, 6.07) is -0.464. The molecule has 0 aromatic carbocycles. The van der Waals surface area contributed by atoms with E-state index in [1.54, 1.807) is 12.2 Å². The second kappa shape index (κ2) is 11.8. The van der Waals surface area contributed by atoms with E-state index in [-0.39, 0.29) is 5.91 Å². The average Bonchev–Trinajstić information content (AvgIpc) is 2.92. The summed E-state index contributed by atoms with van der Waals surface area (Å²) in [5.41, 5.74) is -0.827. The van der Waals surface area contributed by atoms with Crippen molar-refractivity contribution < 1.29 is 19.7 Å². The number of aliphatic hydroxyl groups excluding tert-OH is 2. The first-order valence-electron chi connectivity index (χ1n) is 10.5. The van der Waals surface area contributed by atoms with Crippen LogP contribution in [0.2, 0.25) is 0 Å². The van der Waals surface area contributed by atoms with Crippen LogP contribution in [0.1, 0.15) is 77.6 Å². The zero-order valence-electron chi connectivity index (χ0n) is 16.6. The Morgan fingerprint density at radius 3 is 2.18 bits per heavy atom. The van der Waals surface area contributed by atoms with Crippen LogP contribution in [-0.4, -0.2) is 40.2 Å². The Bertz CT molecular complexity index is 559. The highest BCUT2D eigenvalue weighted by molar-refractivity contribution is 9.12. The first-order valence-corrected chi connectivity index (χ1v) is 12.1. The molecule has 0 aromatic rings. The van der Waals surface area contributed by atoms with Crippen molar-refractivity contribution in [3.8, 4) is 0 Å². The molecule has 0 bridgehead atoms. The fourth-order valence-electron chi connectivity index (χ4n) is 3.78. The first kappa shape index (κ1) is 24.1. The van der Waals surface area contributed by atoms with Crippen molar-refractivity contribution in [1.29, 1.82) is 0 Å². The molecule has 0 saturated carbocycles. The van der Waals surface area contributed by atoms with E-state index >= 15 is 0 Å². The van der Waals surface area contributed by atoms with Gasteiger partial charge in [0.15, 0.2) is 6.29 Å². The summed E-state index contributed by atoms with van der Waals surface area (Å²) in [6.45, 7) is 2.23. The lowest BCUT2D eigenvalue weighted by Gasteiger charge is -2.28. The molecular weight excluding hydrogens is 490 g/mol. The number of halogens is 2. The molecule has 160 valence electrons. The van der Waals surface area contributed by atoms with Gasteiger partial charge in [-0.05, 0) is 18.6 Å². The third-order valence-electron chi connectivity index (χ3n) is 5.36. The predicted molar refractivity (Wildman–Crippen MR) is 118 cm³/mol. The summed E-state index contributed by atoms with van der Waals surface area (Å²) in [6.07, 6.45) is 13.5. The summed E-state index contributed by atoms with van der Waals surface area (Å²) in [7, 11) is 0. The number of hydrogen-bond donors (Lipinski definition) is 3. The molecule has 0 radical (unpaired) electrons. The number of amides is 1. The van der Waals surface area contributed by atoms with Crippen LogP contribution in [-0.2, 0) is 9.53 Å². The van der Waals surface area contributed by atoms with Crippen molar-refractivity contribution in [2.75, 3.05) is 0 Å². The Kier molecular flexibility index (Phi) is 10.2. The summed E-state index contributed by atoms with van der Waals surface area (Å²) in [4.78, 5) is 12.2. The lowest BCUT2D eigenvalue weighted by molar-refractivity contribution is -0.129. The maximum atomic E-state index is 12.2. The zero-order valence-corrected chi connectivity index (χ0v) is 19.8. The van der Waals surface area contributed by atoms with Gasteiger partial charge < -0.3 is 20.3 Å². The number of unbranched alkanes of at least 4 members (excludes halogenated alkanes) is 8. The van der Waals surface area contributed by atoms with Crippen LogP contribution < -0.4 is 5.32 Å². The van der Waals surface area contributed by atoms with Crippen LogP contribution in [0, 0.1) is 0 Å². The molecule has 1 aliphatic heterocycles. The Morgan fingerprint density at radius 2 is 1.61 bits per heavy atom. The van der Waals surface area contributed by atoms with Crippen molar-refractivity contribution in [3.05, 3.63) is 21.1 Å². The zero-order chi connectivity index (χ0) is 20.6. The first-order chi connectivity index (χ1) is 13.4. The largest absolute Gasteiger partial charge is 0.383 e. The quantitative estimate of drug-likeness (QED) is 0.340.